The second kappa shape index (κ2) is 4.87. The molecule has 0 aliphatic rings. The first-order valence-corrected chi connectivity index (χ1v) is 5.65. The van der Waals surface area contributed by atoms with Crippen LogP contribution in [0.3, 0.4) is 0 Å². The van der Waals surface area contributed by atoms with Crippen LogP contribution in [-0.2, 0) is 6.54 Å². The first-order chi connectivity index (χ1) is 8.65. The fraction of sp³-hybridized carbons (Fsp3) is 0.143. The monoisotopic (exact) mass is 242 g/mol. The van der Waals surface area contributed by atoms with Crippen LogP contribution in [0, 0.1) is 17.0 Å². The van der Waals surface area contributed by atoms with Gasteiger partial charge in [0, 0.05) is 34.8 Å². The van der Waals surface area contributed by atoms with Crippen molar-refractivity contribution in [3.63, 3.8) is 0 Å². The molecule has 0 atom stereocenters. The van der Waals surface area contributed by atoms with Crippen LogP contribution >= 0.6 is 0 Å². The number of aromatic nitrogens is 1. The number of hydrogen-bond acceptors (Lipinski definition) is 2. The van der Waals surface area contributed by atoms with Gasteiger partial charge in [0.15, 0.2) is 0 Å². The van der Waals surface area contributed by atoms with Crippen LogP contribution in [0.25, 0.3) is 17.0 Å². The first kappa shape index (κ1) is 12.1. The molecular formula is C14H14N2O2. The third-order valence-corrected chi connectivity index (χ3v) is 2.95. The van der Waals surface area contributed by atoms with Gasteiger partial charge in [0.1, 0.15) is 0 Å². The van der Waals surface area contributed by atoms with Gasteiger partial charge < -0.3 is 4.57 Å². The van der Waals surface area contributed by atoms with Gasteiger partial charge in [0.25, 0.3) is 0 Å². The Morgan fingerprint density at radius 1 is 1.44 bits per heavy atom. The van der Waals surface area contributed by atoms with Crippen molar-refractivity contribution in [3.05, 3.63) is 64.5 Å². The Morgan fingerprint density at radius 3 is 2.83 bits per heavy atom. The molecule has 4 nitrogen and oxygen atoms in total. The highest BCUT2D eigenvalue weighted by molar-refractivity contribution is 5.91. The Hall–Kier alpha value is -2.36. The maximum atomic E-state index is 10.4. The molecule has 0 radical (unpaired) electrons. The van der Waals surface area contributed by atoms with Crippen molar-refractivity contribution < 1.29 is 4.92 Å². The fourth-order valence-corrected chi connectivity index (χ4v) is 2.17. The Morgan fingerprint density at radius 2 is 2.17 bits per heavy atom. The van der Waals surface area contributed by atoms with E-state index >= 15 is 0 Å². The number of nitro groups is 1. The Bertz CT molecular complexity index is 639. The highest BCUT2D eigenvalue weighted by Crippen LogP contribution is 2.26. The predicted molar refractivity (Wildman–Crippen MR) is 72.9 cm³/mol. The molecule has 0 aliphatic heterocycles. The smallest absolute Gasteiger partial charge is 0.235 e. The molecule has 4 heteroatoms. The largest absolute Gasteiger partial charge is 0.340 e. The lowest BCUT2D eigenvalue weighted by atomic mass is 10.1. The molecule has 0 amide bonds. The summed E-state index contributed by atoms with van der Waals surface area (Å²) in [4.78, 5) is 10.0. The van der Waals surface area contributed by atoms with Gasteiger partial charge in [-0.1, -0.05) is 24.3 Å². The van der Waals surface area contributed by atoms with Gasteiger partial charge >= 0.3 is 0 Å². The Balaban J connectivity index is 2.68. The summed E-state index contributed by atoms with van der Waals surface area (Å²) in [5, 5.41) is 11.5. The third kappa shape index (κ3) is 2.05. The molecule has 0 saturated heterocycles. The third-order valence-electron chi connectivity index (χ3n) is 2.95. The molecule has 0 saturated carbocycles. The van der Waals surface area contributed by atoms with Crippen molar-refractivity contribution in [2.24, 2.45) is 0 Å². The van der Waals surface area contributed by atoms with Crippen LogP contribution in [0.15, 0.2) is 43.1 Å². The highest BCUT2D eigenvalue weighted by atomic mass is 16.6. The van der Waals surface area contributed by atoms with Crippen molar-refractivity contribution in [3.8, 4) is 0 Å². The van der Waals surface area contributed by atoms with Crippen LogP contribution in [0.5, 0.6) is 0 Å². The van der Waals surface area contributed by atoms with E-state index in [0.717, 1.165) is 28.4 Å². The zero-order valence-corrected chi connectivity index (χ0v) is 10.2. The van der Waals surface area contributed by atoms with Gasteiger partial charge in [0.2, 0.25) is 6.20 Å². The lowest BCUT2D eigenvalue weighted by Crippen LogP contribution is -1.97. The summed E-state index contributed by atoms with van der Waals surface area (Å²) < 4.78 is 2.10. The number of allylic oxidation sites excluding steroid dienone is 1. The van der Waals surface area contributed by atoms with E-state index < -0.39 is 4.92 Å². The van der Waals surface area contributed by atoms with Crippen LogP contribution in [0.1, 0.15) is 11.3 Å². The average molecular weight is 242 g/mol. The van der Waals surface area contributed by atoms with Crippen LogP contribution < -0.4 is 0 Å². The van der Waals surface area contributed by atoms with Crippen LogP contribution in [0.4, 0.5) is 0 Å². The molecule has 1 aromatic carbocycles. The zero-order chi connectivity index (χ0) is 13.1. The van der Waals surface area contributed by atoms with E-state index in [1.165, 1.54) is 0 Å². The maximum Gasteiger partial charge on any atom is 0.235 e. The molecular weight excluding hydrogens is 228 g/mol. The van der Waals surface area contributed by atoms with E-state index in [2.05, 4.69) is 11.1 Å². The van der Waals surface area contributed by atoms with Crippen molar-refractivity contribution in [2.75, 3.05) is 0 Å². The van der Waals surface area contributed by atoms with Gasteiger partial charge in [-0.15, -0.1) is 6.58 Å². The first-order valence-electron chi connectivity index (χ1n) is 5.65. The lowest BCUT2D eigenvalue weighted by Gasteiger charge is -2.03. The summed E-state index contributed by atoms with van der Waals surface area (Å²) in [7, 11) is 0. The van der Waals surface area contributed by atoms with E-state index in [1.54, 1.807) is 6.08 Å². The summed E-state index contributed by atoms with van der Waals surface area (Å²) in [6.45, 7) is 6.39. The minimum atomic E-state index is -0.445. The second-order valence-electron chi connectivity index (χ2n) is 4.02. The molecule has 2 aromatic rings. The molecule has 0 unspecified atom stereocenters. The Kier molecular flexibility index (Phi) is 3.28. The lowest BCUT2D eigenvalue weighted by molar-refractivity contribution is -0.400. The quantitative estimate of drug-likeness (QED) is 0.468. The molecule has 2 rings (SSSR count). The molecule has 1 aromatic heterocycles. The van der Waals surface area contributed by atoms with E-state index in [1.807, 2.05) is 37.3 Å². The van der Waals surface area contributed by atoms with Crippen molar-refractivity contribution >= 4 is 17.0 Å². The van der Waals surface area contributed by atoms with E-state index in [0.29, 0.717) is 6.54 Å². The minimum absolute atomic E-state index is 0.445. The van der Waals surface area contributed by atoms with Gasteiger partial charge in [-0.05, 0) is 13.0 Å². The van der Waals surface area contributed by atoms with E-state index in [4.69, 9.17) is 0 Å². The van der Waals surface area contributed by atoms with Crippen molar-refractivity contribution in [1.82, 2.24) is 4.57 Å². The number of fused-ring (bicyclic) bond motifs is 1. The molecule has 92 valence electrons. The molecule has 1 heterocycles. The highest BCUT2D eigenvalue weighted by Gasteiger charge is 2.11. The summed E-state index contributed by atoms with van der Waals surface area (Å²) in [5.74, 6) is 0. The Labute approximate surface area is 105 Å². The van der Waals surface area contributed by atoms with Crippen LogP contribution in [0.2, 0.25) is 0 Å². The number of benzene rings is 1. The topological polar surface area (TPSA) is 48.1 Å². The van der Waals surface area contributed by atoms with Gasteiger partial charge in [-0.3, -0.25) is 10.1 Å². The fourth-order valence-electron chi connectivity index (χ4n) is 2.17. The number of rotatable bonds is 4. The summed E-state index contributed by atoms with van der Waals surface area (Å²) in [5.41, 5.74) is 2.97. The summed E-state index contributed by atoms with van der Waals surface area (Å²) in [6, 6.07) is 7.88. The van der Waals surface area contributed by atoms with Crippen molar-refractivity contribution in [2.45, 2.75) is 13.5 Å². The average Bonchev–Trinajstić information content (AvgIpc) is 2.61. The second-order valence-corrected chi connectivity index (χ2v) is 4.02. The number of hydrogen-bond donors (Lipinski definition) is 0. The van der Waals surface area contributed by atoms with Gasteiger partial charge in [0.05, 0.1) is 4.92 Å². The van der Waals surface area contributed by atoms with E-state index in [9.17, 15) is 10.1 Å². The number of para-hydroxylation sites is 1. The molecule has 0 spiro atoms. The van der Waals surface area contributed by atoms with Gasteiger partial charge in [-0.2, -0.15) is 0 Å². The maximum absolute atomic E-state index is 10.4. The molecule has 0 fully saturated rings. The van der Waals surface area contributed by atoms with Gasteiger partial charge in [-0.25, -0.2) is 0 Å². The van der Waals surface area contributed by atoms with Crippen molar-refractivity contribution in [1.29, 1.82) is 0 Å². The standard InChI is InChI=1S/C14H14N2O2/c1-3-9-15-11(2)12(8-10-16(17)18)13-6-4-5-7-14(13)15/h3-8,10H,1,9H2,2H3/b10-8-. The molecule has 18 heavy (non-hydrogen) atoms. The number of nitrogens with zero attached hydrogens (tertiary/aromatic N) is 2. The van der Waals surface area contributed by atoms with Crippen LogP contribution in [-0.4, -0.2) is 9.49 Å². The SMILES string of the molecule is C=CCn1c(C)c(/C=C\[N+](=O)[O-])c2ccccc21. The molecule has 0 N–H and O–H groups in total. The van der Waals surface area contributed by atoms with E-state index in [-0.39, 0.29) is 0 Å². The molecule has 0 aliphatic carbocycles. The zero-order valence-electron chi connectivity index (χ0n) is 10.2. The molecule has 0 bridgehead atoms. The summed E-state index contributed by atoms with van der Waals surface area (Å²) in [6.07, 6.45) is 4.35. The predicted octanol–water partition coefficient (Wildman–Crippen LogP) is 3.38. The minimum Gasteiger partial charge on any atom is -0.340 e. The summed E-state index contributed by atoms with van der Waals surface area (Å²) >= 11 is 0. The normalized spacial score (nSPS) is 11.2.